The minimum Gasteiger partial charge on any atom is -0.508 e. The Morgan fingerprint density at radius 2 is 1.66 bits per heavy atom. The summed E-state index contributed by atoms with van der Waals surface area (Å²) in [5.74, 6) is 5.86. The molecule has 2 heterocycles. The van der Waals surface area contributed by atoms with E-state index in [1.165, 1.54) is 5.57 Å². The highest BCUT2D eigenvalue weighted by atomic mass is 16.5. The average molecular weight is 1240 g/mol. The summed E-state index contributed by atoms with van der Waals surface area (Å²) in [7, 11) is 0. The van der Waals surface area contributed by atoms with Crippen molar-refractivity contribution < 1.29 is 44.9 Å². The number of Topliss-reactive ketones (excluding diaryl/α,β-unsaturated/α-hetero) is 1. The molecule has 12 aliphatic carbocycles. The van der Waals surface area contributed by atoms with Crippen LogP contribution in [0.5, 0.6) is 17.2 Å². The summed E-state index contributed by atoms with van der Waals surface area (Å²) in [5.41, 5.74) is 11.5. The number of nitrogens with two attached hydrogens (primary N) is 1. The Bertz CT molecular complexity index is 3790. The van der Waals surface area contributed by atoms with Gasteiger partial charge in [-0.1, -0.05) is 129 Å². The fraction of sp³-hybridized carbons (Fsp3) is 0.600. The number of phenols is 2. The van der Waals surface area contributed by atoms with E-state index in [4.69, 9.17) is 20.2 Å². The third-order valence-corrected chi connectivity index (χ3v) is 28.0. The Labute approximate surface area is 543 Å². The van der Waals surface area contributed by atoms with Gasteiger partial charge in [-0.2, -0.15) is 0 Å². The molecule has 3 aromatic carbocycles. The highest BCUT2D eigenvalue weighted by Crippen LogP contribution is 2.81. The predicted molar refractivity (Wildman–Crippen MR) is 354 cm³/mol. The number of benzene rings is 3. The van der Waals surface area contributed by atoms with Crippen molar-refractivity contribution in [2.75, 3.05) is 33.0 Å². The first-order valence-corrected chi connectivity index (χ1v) is 35.9. The number of ether oxygens (including phenoxy) is 2. The maximum absolute atomic E-state index is 16.2. The van der Waals surface area contributed by atoms with Gasteiger partial charge in [0.25, 0.3) is 0 Å². The van der Waals surface area contributed by atoms with Crippen molar-refractivity contribution in [1.29, 1.82) is 0 Å². The fourth-order valence-electron chi connectivity index (χ4n) is 24.6. The van der Waals surface area contributed by atoms with Crippen LogP contribution in [-0.4, -0.2) is 93.2 Å². The van der Waals surface area contributed by atoms with Gasteiger partial charge in [-0.05, 0) is 195 Å². The third-order valence-electron chi connectivity index (χ3n) is 28.0. The number of rotatable bonds is 6. The van der Waals surface area contributed by atoms with E-state index in [0.717, 1.165) is 147 Å². The molecule has 2 aliphatic heterocycles. The van der Waals surface area contributed by atoms with Gasteiger partial charge in [0.2, 0.25) is 0 Å². The zero-order valence-corrected chi connectivity index (χ0v) is 53.8. The van der Waals surface area contributed by atoms with E-state index < -0.39 is 62.5 Å². The van der Waals surface area contributed by atoms with Gasteiger partial charge < -0.3 is 51.2 Å². The van der Waals surface area contributed by atoms with Crippen LogP contribution in [0.1, 0.15) is 199 Å². The van der Waals surface area contributed by atoms with E-state index in [1.807, 2.05) is 12.1 Å². The second-order valence-electron chi connectivity index (χ2n) is 32.2. The molecule has 0 amide bonds. The summed E-state index contributed by atoms with van der Waals surface area (Å²) in [5, 5.41) is 79.7. The summed E-state index contributed by atoms with van der Waals surface area (Å²) in [6, 6.07) is 16.8. The highest BCUT2D eigenvalue weighted by molar-refractivity contribution is 5.98. The second kappa shape index (κ2) is 21.8. The molecule has 17 rings (SSSR count). The van der Waals surface area contributed by atoms with Gasteiger partial charge in [-0.25, -0.2) is 4.99 Å². The molecule has 4 spiro atoms. The number of guanidine groups is 1. The number of aliphatic hydroxyl groups excluding tert-OH is 4. The number of nitrogens with zero attached hydrogens (tertiary/aromatic N) is 1. The first kappa shape index (κ1) is 59.8. The van der Waals surface area contributed by atoms with Crippen molar-refractivity contribution in [3.8, 4) is 29.1 Å². The quantitative estimate of drug-likeness (QED) is 0.0861. The molecule has 16 atom stereocenters. The van der Waals surface area contributed by atoms with Crippen LogP contribution >= 0.6 is 0 Å². The maximum Gasteiger partial charge on any atom is 0.189 e. The topological polar surface area (TPSA) is 207 Å². The summed E-state index contributed by atoms with van der Waals surface area (Å²) in [6.45, 7) is 2.16. The van der Waals surface area contributed by atoms with Crippen molar-refractivity contribution >= 4 is 11.7 Å². The van der Waals surface area contributed by atoms with Gasteiger partial charge in [0.1, 0.15) is 5.75 Å². The molecular weight excluding hydrogens is 1150 g/mol. The minimum atomic E-state index is -1.13. The van der Waals surface area contributed by atoms with Crippen LogP contribution < -0.4 is 15.8 Å². The van der Waals surface area contributed by atoms with Crippen LogP contribution in [0.4, 0.5) is 0 Å². The van der Waals surface area contributed by atoms with Crippen LogP contribution in [0.3, 0.4) is 0 Å². The molecule has 484 valence electrons. The van der Waals surface area contributed by atoms with E-state index in [-0.39, 0.29) is 104 Å². The molecule has 15 bridgehead atoms. The Morgan fingerprint density at radius 3 is 2.46 bits per heavy atom. The average Bonchev–Trinajstić information content (AvgIpc) is 0.847. The lowest BCUT2D eigenvalue weighted by Gasteiger charge is -2.75. The molecule has 6 saturated carbocycles. The van der Waals surface area contributed by atoms with Gasteiger partial charge in [-0.15, -0.1) is 0 Å². The minimum absolute atomic E-state index is 0.01000. The molecule has 12 nitrogen and oxygen atoms in total. The standard InChI is InChI=1S/C80H95N3O9/c1-47-37-76-27-20-50-33-51-39-74(45-86)22-8-5-18-61(74)60(43-85)68(51)64(89)35-58(50)59-36-65(92-56-15-3-4-16-56)71(90)69-57(59)17-12-19-63(82-73(81)83-79(25-6-2-7-26-79)52-14-11-13-48(30-52)29-49-31-53(76)34-55(88)32-49)62-21-28-80-67(75(23-9-10-24-75)54(42-84)44-91-80)41-77(38-47)66(76)40-78(62,46-87)72(80)70(69)77/h8,11,13-14,20-22,27-28,30-32,34,36,40,47,50-51,54,56,58,61-63,67,70,72,84-88,90H,2-7,9-10,15-16,18-19,23-26,29,33,35,37-39,41-46H2,1H3,(H3,81,82,83). The zero-order valence-electron chi connectivity index (χ0n) is 53.8. The number of fused-ring (bicyclic) bond motifs is 10. The summed E-state index contributed by atoms with van der Waals surface area (Å²) >= 11 is 0. The lowest BCUT2D eigenvalue weighted by atomic mass is 9.30. The van der Waals surface area contributed by atoms with Crippen molar-refractivity contribution in [3.05, 3.63) is 147 Å². The fourth-order valence-corrected chi connectivity index (χ4v) is 24.6. The van der Waals surface area contributed by atoms with Gasteiger partial charge in [0.05, 0.1) is 49.7 Å². The number of hydrogen-bond acceptors (Lipinski definition) is 12. The number of ketones is 1. The van der Waals surface area contributed by atoms with Crippen molar-refractivity contribution in [2.24, 2.45) is 79.7 Å². The van der Waals surface area contributed by atoms with Crippen molar-refractivity contribution in [1.82, 2.24) is 5.32 Å². The van der Waals surface area contributed by atoms with Crippen molar-refractivity contribution in [3.63, 3.8) is 0 Å². The largest absolute Gasteiger partial charge is 0.508 e. The van der Waals surface area contributed by atoms with E-state index >= 15 is 4.79 Å². The van der Waals surface area contributed by atoms with Gasteiger partial charge in [0, 0.05) is 81.5 Å². The smallest absolute Gasteiger partial charge is 0.189 e. The molecule has 0 aromatic heterocycles. The Hall–Kier alpha value is -5.94. The number of hydrogen-bond donors (Lipinski definition) is 8. The first-order valence-electron chi connectivity index (χ1n) is 35.9. The number of carbonyl (C=O) groups is 1. The highest BCUT2D eigenvalue weighted by Gasteiger charge is 2.78. The molecule has 12 heteroatoms. The van der Waals surface area contributed by atoms with E-state index in [1.54, 1.807) is 0 Å². The first-order chi connectivity index (χ1) is 44.7. The Balaban J connectivity index is 1.03. The van der Waals surface area contributed by atoms with Crippen LogP contribution in [0, 0.1) is 80.8 Å². The molecular formula is C80H95N3O9. The molecule has 7 fully saturated rings. The number of allylic oxidation sites excluding steroid dienone is 5. The summed E-state index contributed by atoms with van der Waals surface area (Å²) < 4.78 is 15.2. The number of carbonyl (C=O) groups excluding carboxylic acids is 1. The van der Waals surface area contributed by atoms with Crippen LogP contribution in [0.2, 0.25) is 0 Å². The predicted octanol–water partition coefficient (Wildman–Crippen LogP) is 12.2. The van der Waals surface area contributed by atoms with Gasteiger partial charge in [-0.3, -0.25) is 4.79 Å². The Kier molecular flexibility index (Phi) is 14.2. The molecule has 9 N–H and O–H groups in total. The summed E-state index contributed by atoms with van der Waals surface area (Å²) in [4.78, 5) is 22.0. The second-order valence-corrected chi connectivity index (χ2v) is 32.2. The maximum atomic E-state index is 16.2. The van der Waals surface area contributed by atoms with Crippen LogP contribution in [-0.2, 0) is 26.9 Å². The number of phenolic OH excluding ortho intramolecular Hbond substituents is 2. The Morgan fingerprint density at radius 1 is 0.848 bits per heavy atom. The molecule has 0 radical (unpaired) electrons. The third kappa shape index (κ3) is 8.44. The molecule has 3 aromatic rings. The van der Waals surface area contributed by atoms with Crippen LogP contribution in [0.25, 0.3) is 0 Å². The summed E-state index contributed by atoms with van der Waals surface area (Å²) in [6.07, 6.45) is 34.9. The molecule has 16 unspecified atom stereocenters. The molecule has 1 saturated heterocycles. The molecule has 92 heavy (non-hydrogen) atoms. The van der Waals surface area contributed by atoms with Crippen LogP contribution in [0.15, 0.2) is 113 Å². The number of aromatic hydroxyl groups is 2. The van der Waals surface area contributed by atoms with E-state index in [9.17, 15) is 30.6 Å². The lowest BCUT2D eigenvalue weighted by Crippen LogP contribution is -2.75. The monoisotopic (exact) mass is 1240 g/mol. The van der Waals surface area contributed by atoms with Crippen molar-refractivity contribution in [2.45, 2.75) is 195 Å². The number of aliphatic hydroxyl groups is 4. The lowest BCUT2D eigenvalue weighted by molar-refractivity contribution is -0.279. The number of aliphatic imine (C=N–C) groups is 1. The van der Waals surface area contributed by atoms with Gasteiger partial charge in [0.15, 0.2) is 23.2 Å². The zero-order chi connectivity index (χ0) is 62.7. The van der Waals surface area contributed by atoms with Gasteiger partial charge >= 0.3 is 0 Å². The van der Waals surface area contributed by atoms with E-state index in [2.05, 4.69) is 103 Å². The molecule has 14 aliphatic rings. The SMILES string of the molecule is CC1CC23C=CC4CC5CC6(CO)C=CCCC6C(CO)=C5C(=O)CC4c4cc(OC5CCCC5)c(O)c5c4C#CCC(N=C(N)NC4(CCCCC4)c4cccc(c4)Cc4cc(O)cc2c4)C2C=CC46OCC(CO)C7(CCCC7)C4CC4(C1)C3=CC2(CO)C6C54. The normalized spacial score (nSPS) is 39.8. The van der Waals surface area contributed by atoms with E-state index in [0.29, 0.717) is 56.0 Å². The number of nitrogens with one attached hydrogen (secondary N) is 1.